The molecule has 74 valence electrons. The molecule has 0 spiro atoms. The van der Waals surface area contributed by atoms with Gasteiger partial charge in [-0.05, 0) is 0 Å². The molecule has 6 nitrogen and oxygen atoms in total. The highest BCUT2D eigenvalue weighted by molar-refractivity contribution is 5.83. The Balaban J connectivity index is 1.90. The first-order valence-electron chi connectivity index (χ1n) is 4.48. The number of ketones is 1. The van der Waals surface area contributed by atoms with Crippen LogP contribution in [0.5, 0.6) is 0 Å². The molecule has 3 heterocycles. The van der Waals surface area contributed by atoms with Crippen molar-refractivity contribution in [3.63, 3.8) is 0 Å². The SMILES string of the molecule is O=C1C[C@H](n2cncn2)[C@H]2CO[C@@H]1O2. The van der Waals surface area contributed by atoms with Crippen LogP contribution in [0.2, 0.25) is 0 Å². The molecule has 0 radical (unpaired) electrons. The van der Waals surface area contributed by atoms with Crippen LogP contribution in [0.15, 0.2) is 12.7 Å². The fourth-order valence-corrected chi connectivity index (χ4v) is 1.88. The molecular weight excluding hydrogens is 186 g/mol. The molecule has 3 atom stereocenters. The van der Waals surface area contributed by atoms with Crippen molar-refractivity contribution in [3.8, 4) is 0 Å². The van der Waals surface area contributed by atoms with Gasteiger partial charge in [-0.25, -0.2) is 9.67 Å². The quantitative estimate of drug-likeness (QED) is 0.606. The molecule has 0 N–H and O–H groups in total. The van der Waals surface area contributed by atoms with Crippen molar-refractivity contribution in [3.05, 3.63) is 12.7 Å². The second-order valence-electron chi connectivity index (χ2n) is 3.45. The zero-order valence-corrected chi connectivity index (χ0v) is 7.37. The van der Waals surface area contributed by atoms with Gasteiger partial charge in [-0.2, -0.15) is 5.10 Å². The summed E-state index contributed by atoms with van der Waals surface area (Å²) in [6, 6.07) is -0.0660. The summed E-state index contributed by atoms with van der Waals surface area (Å²) >= 11 is 0. The van der Waals surface area contributed by atoms with Crippen LogP contribution < -0.4 is 0 Å². The third-order valence-electron chi connectivity index (χ3n) is 2.59. The molecule has 14 heavy (non-hydrogen) atoms. The van der Waals surface area contributed by atoms with Crippen LogP contribution in [-0.2, 0) is 14.3 Å². The van der Waals surface area contributed by atoms with Crippen molar-refractivity contribution in [2.24, 2.45) is 0 Å². The van der Waals surface area contributed by atoms with Crippen molar-refractivity contribution in [1.29, 1.82) is 0 Å². The van der Waals surface area contributed by atoms with Gasteiger partial charge in [0.15, 0.2) is 5.78 Å². The Bertz CT molecular complexity index is 351. The monoisotopic (exact) mass is 195 g/mol. The summed E-state index contributed by atoms with van der Waals surface area (Å²) in [4.78, 5) is 15.3. The summed E-state index contributed by atoms with van der Waals surface area (Å²) < 4.78 is 12.2. The van der Waals surface area contributed by atoms with Crippen LogP contribution in [0.25, 0.3) is 0 Å². The van der Waals surface area contributed by atoms with E-state index in [4.69, 9.17) is 9.47 Å². The fraction of sp³-hybridized carbons (Fsp3) is 0.625. The maximum Gasteiger partial charge on any atom is 0.218 e. The first-order valence-corrected chi connectivity index (χ1v) is 4.48. The lowest BCUT2D eigenvalue weighted by molar-refractivity contribution is -0.156. The summed E-state index contributed by atoms with van der Waals surface area (Å²) in [7, 11) is 0. The molecule has 0 aromatic carbocycles. The van der Waals surface area contributed by atoms with Gasteiger partial charge in [0.05, 0.1) is 12.6 Å². The molecule has 0 amide bonds. The number of hydrogen-bond acceptors (Lipinski definition) is 5. The molecule has 0 unspecified atom stereocenters. The van der Waals surface area contributed by atoms with E-state index in [1.165, 1.54) is 6.33 Å². The number of fused-ring (bicyclic) bond motifs is 2. The number of rotatable bonds is 1. The predicted molar refractivity (Wildman–Crippen MR) is 43.3 cm³/mol. The van der Waals surface area contributed by atoms with E-state index in [0.29, 0.717) is 13.0 Å². The maximum atomic E-state index is 11.4. The van der Waals surface area contributed by atoms with E-state index in [0.717, 1.165) is 0 Å². The van der Waals surface area contributed by atoms with E-state index in [1.54, 1.807) is 11.0 Å². The Hall–Kier alpha value is -1.27. The van der Waals surface area contributed by atoms with Gasteiger partial charge in [-0.1, -0.05) is 0 Å². The lowest BCUT2D eigenvalue weighted by Crippen LogP contribution is -2.37. The Kier molecular flexibility index (Phi) is 1.65. The third kappa shape index (κ3) is 1.08. The summed E-state index contributed by atoms with van der Waals surface area (Å²) in [6.07, 6.45) is 2.75. The summed E-state index contributed by atoms with van der Waals surface area (Å²) in [5.74, 6) is -0.0146. The minimum absolute atomic E-state index is 0.0146. The van der Waals surface area contributed by atoms with Gasteiger partial charge in [0, 0.05) is 6.42 Å². The molecule has 6 heteroatoms. The van der Waals surface area contributed by atoms with E-state index in [2.05, 4.69) is 10.1 Å². The predicted octanol–water partition coefficient (Wildman–Crippen LogP) is -0.467. The molecule has 1 aromatic heterocycles. The Morgan fingerprint density at radius 1 is 1.57 bits per heavy atom. The molecule has 2 fully saturated rings. The highest BCUT2D eigenvalue weighted by atomic mass is 16.7. The van der Waals surface area contributed by atoms with Crippen LogP contribution in [0.3, 0.4) is 0 Å². The summed E-state index contributed by atoms with van der Waals surface area (Å²) in [5, 5.41) is 4.01. The smallest absolute Gasteiger partial charge is 0.218 e. The van der Waals surface area contributed by atoms with E-state index in [1.807, 2.05) is 0 Å². The van der Waals surface area contributed by atoms with Crippen molar-refractivity contribution in [2.75, 3.05) is 6.61 Å². The number of ether oxygens (including phenoxy) is 2. The Labute approximate surface area is 79.8 Å². The molecule has 2 aliphatic heterocycles. The van der Waals surface area contributed by atoms with Crippen molar-refractivity contribution >= 4 is 5.78 Å². The van der Waals surface area contributed by atoms with Crippen LogP contribution in [0, 0.1) is 0 Å². The molecule has 2 aliphatic rings. The van der Waals surface area contributed by atoms with Gasteiger partial charge in [0.1, 0.15) is 18.8 Å². The van der Waals surface area contributed by atoms with Crippen LogP contribution >= 0.6 is 0 Å². The number of nitrogens with zero attached hydrogens (tertiary/aromatic N) is 3. The summed E-state index contributed by atoms with van der Waals surface area (Å²) in [6.45, 7) is 0.459. The van der Waals surface area contributed by atoms with Gasteiger partial charge < -0.3 is 9.47 Å². The van der Waals surface area contributed by atoms with Gasteiger partial charge in [0.25, 0.3) is 0 Å². The van der Waals surface area contributed by atoms with E-state index >= 15 is 0 Å². The first kappa shape index (κ1) is 8.07. The molecule has 0 aliphatic carbocycles. The molecular formula is C8H9N3O3. The van der Waals surface area contributed by atoms with Crippen molar-refractivity contribution in [1.82, 2.24) is 14.8 Å². The van der Waals surface area contributed by atoms with E-state index in [-0.39, 0.29) is 17.9 Å². The van der Waals surface area contributed by atoms with Crippen molar-refractivity contribution < 1.29 is 14.3 Å². The largest absolute Gasteiger partial charge is 0.343 e. The van der Waals surface area contributed by atoms with E-state index in [9.17, 15) is 4.79 Å². The zero-order chi connectivity index (χ0) is 9.54. The second kappa shape index (κ2) is 2.86. The molecule has 2 bridgehead atoms. The average molecular weight is 195 g/mol. The number of hydrogen-bond donors (Lipinski definition) is 0. The van der Waals surface area contributed by atoms with E-state index < -0.39 is 6.29 Å². The third-order valence-corrected chi connectivity index (χ3v) is 2.59. The highest BCUT2D eigenvalue weighted by Crippen LogP contribution is 2.31. The van der Waals surface area contributed by atoms with Crippen LogP contribution in [-0.4, -0.2) is 39.5 Å². The minimum Gasteiger partial charge on any atom is -0.343 e. The second-order valence-corrected chi connectivity index (χ2v) is 3.45. The average Bonchev–Trinajstić information content (AvgIpc) is 2.83. The van der Waals surface area contributed by atoms with Gasteiger partial charge in [-0.15, -0.1) is 0 Å². The number of carbonyl (C=O) groups is 1. The van der Waals surface area contributed by atoms with Crippen molar-refractivity contribution in [2.45, 2.75) is 24.9 Å². The standard InChI is InChI=1S/C8H9N3O3/c12-6-1-5(11-4-9-3-10-11)7-2-13-8(6)14-7/h3-5,7-8H,1-2H2/t5-,7+,8+/m0/s1. The topological polar surface area (TPSA) is 66.2 Å². The molecule has 2 saturated heterocycles. The number of aromatic nitrogens is 3. The summed E-state index contributed by atoms with van der Waals surface area (Å²) in [5.41, 5.74) is 0. The van der Waals surface area contributed by atoms with Crippen LogP contribution in [0.4, 0.5) is 0 Å². The Morgan fingerprint density at radius 2 is 2.50 bits per heavy atom. The molecule has 1 aromatic rings. The van der Waals surface area contributed by atoms with Gasteiger partial charge in [-0.3, -0.25) is 4.79 Å². The van der Waals surface area contributed by atoms with Crippen LogP contribution in [0.1, 0.15) is 12.5 Å². The molecule has 3 rings (SSSR count). The zero-order valence-electron chi connectivity index (χ0n) is 7.37. The normalized spacial score (nSPS) is 36.3. The maximum absolute atomic E-state index is 11.4. The number of Topliss-reactive ketones (excluding diaryl/α,β-unsaturated/α-hetero) is 1. The lowest BCUT2D eigenvalue weighted by Gasteiger charge is -2.25. The lowest BCUT2D eigenvalue weighted by atomic mass is 10.0. The van der Waals surface area contributed by atoms with Gasteiger partial charge >= 0.3 is 0 Å². The number of carbonyl (C=O) groups excluding carboxylic acids is 1. The Morgan fingerprint density at radius 3 is 3.29 bits per heavy atom. The fourth-order valence-electron chi connectivity index (χ4n) is 1.88. The minimum atomic E-state index is -0.639. The highest BCUT2D eigenvalue weighted by Gasteiger charge is 2.44. The van der Waals surface area contributed by atoms with Gasteiger partial charge in [0.2, 0.25) is 6.29 Å². The molecule has 0 saturated carbocycles. The first-order chi connectivity index (χ1) is 6.84.